The van der Waals surface area contributed by atoms with Gasteiger partial charge in [-0.3, -0.25) is 4.79 Å². The highest BCUT2D eigenvalue weighted by Crippen LogP contribution is 2.24. The van der Waals surface area contributed by atoms with E-state index in [1.165, 1.54) is 6.39 Å². The minimum Gasteiger partial charge on any atom is -0.497 e. The number of nitrogens with one attached hydrogen (secondary N) is 1. The first-order valence-electron chi connectivity index (χ1n) is 8.99. The minimum atomic E-state index is -0.185. The van der Waals surface area contributed by atoms with Gasteiger partial charge in [0.15, 0.2) is 6.61 Å². The Hall–Kier alpha value is -3.35. The van der Waals surface area contributed by atoms with Crippen molar-refractivity contribution in [3.8, 4) is 23.0 Å². The molecule has 1 aromatic heterocycles. The van der Waals surface area contributed by atoms with Crippen molar-refractivity contribution in [2.45, 2.75) is 19.9 Å². The van der Waals surface area contributed by atoms with Gasteiger partial charge < -0.3 is 19.2 Å². The zero-order chi connectivity index (χ0) is 19.9. The van der Waals surface area contributed by atoms with Crippen molar-refractivity contribution in [1.29, 1.82) is 0 Å². The van der Waals surface area contributed by atoms with Gasteiger partial charge in [-0.15, -0.1) is 10.2 Å². The molecule has 0 spiro atoms. The average molecular weight is 381 g/mol. The van der Waals surface area contributed by atoms with Gasteiger partial charge in [0, 0.05) is 5.56 Å². The van der Waals surface area contributed by atoms with E-state index in [9.17, 15) is 4.79 Å². The van der Waals surface area contributed by atoms with Crippen LogP contribution in [0.4, 0.5) is 0 Å². The number of amides is 1. The van der Waals surface area contributed by atoms with Crippen molar-refractivity contribution in [2.75, 3.05) is 13.7 Å². The van der Waals surface area contributed by atoms with Gasteiger partial charge in [-0.2, -0.15) is 0 Å². The first-order valence-corrected chi connectivity index (χ1v) is 8.99. The zero-order valence-corrected chi connectivity index (χ0v) is 16.1. The lowest BCUT2D eigenvalue weighted by Gasteiger charge is -2.23. The third kappa shape index (κ3) is 4.88. The van der Waals surface area contributed by atoms with Gasteiger partial charge in [0.1, 0.15) is 11.5 Å². The number of nitrogens with zero attached hydrogens (tertiary/aromatic N) is 2. The molecule has 28 heavy (non-hydrogen) atoms. The van der Waals surface area contributed by atoms with E-state index >= 15 is 0 Å². The van der Waals surface area contributed by atoms with E-state index in [2.05, 4.69) is 29.4 Å². The molecule has 146 valence electrons. The van der Waals surface area contributed by atoms with Gasteiger partial charge in [0.2, 0.25) is 12.3 Å². The van der Waals surface area contributed by atoms with Crippen molar-refractivity contribution >= 4 is 5.91 Å². The van der Waals surface area contributed by atoms with Crippen LogP contribution < -0.4 is 14.8 Å². The van der Waals surface area contributed by atoms with Crippen LogP contribution in [-0.2, 0) is 4.79 Å². The van der Waals surface area contributed by atoms with E-state index in [1.807, 2.05) is 24.3 Å². The highest BCUT2D eigenvalue weighted by Gasteiger charge is 2.18. The molecule has 2 aromatic carbocycles. The first kappa shape index (κ1) is 19.4. The van der Waals surface area contributed by atoms with Crippen molar-refractivity contribution in [1.82, 2.24) is 15.5 Å². The van der Waals surface area contributed by atoms with Gasteiger partial charge in [-0.1, -0.05) is 26.0 Å². The summed E-state index contributed by atoms with van der Waals surface area (Å²) in [6.07, 6.45) is 1.28. The fourth-order valence-corrected chi connectivity index (χ4v) is 2.80. The van der Waals surface area contributed by atoms with E-state index in [0.29, 0.717) is 11.6 Å². The lowest BCUT2D eigenvalue weighted by molar-refractivity contribution is -0.124. The number of hydrogen-bond donors (Lipinski definition) is 1. The number of aromatic nitrogens is 2. The molecule has 3 aromatic rings. The largest absolute Gasteiger partial charge is 0.497 e. The van der Waals surface area contributed by atoms with Crippen molar-refractivity contribution in [3.05, 3.63) is 60.5 Å². The number of benzene rings is 2. The first-order chi connectivity index (χ1) is 13.6. The second-order valence-electron chi connectivity index (χ2n) is 6.62. The van der Waals surface area contributed by atoms with Crippen LogP contribution in [0.5, 0.6) is 11.5 Å². The summed E-state index contributed by atoms with van der Waals surface area (Å²) in [5.74, 6) is 1.85. The molecule has 1 N–H and O–H groups in total. The lowest BCUT2D eigenvalue weighted by atomic mass is 9.96. The smallest absolute Gasteiger partial charge is 0.258 e. The summed E-state index contributed by atoms with van der Waals surface area (Å²) in [4.78, 5) is 12.4. The summed E-state index contributed by atoms with van der Waals surface area (Å²) < 4.78 is 15.9. The van der Waals surface area contributed by atoms with Crippen LogP contribution in [0.2, 0.25) is 0 Å². The maximum atomic E-state index is 12.4. The predicted molar refractivity (Wildman–Crippen MR) is 104 cm³/mol. The molecule has 0 aliphatic heterocycles. The minimum absolute atomic E-state index is 0.0702. The molecular weight excluding hydrogens is 358 g/mol. The Morgan fingerprint density at radius 3 is 2.32 bits per heavy atom. The Balaban J connectivity index is 1.57. The number of hydrogen-bond acceptors (Lipinski definition) is 6. The topological polar surface area (TPSA) is 86.5 Å². The van der Waals surface area contributed by atoms with Gasteiger partial charge in [-0.05, 0) is 47.9 Å². The molecule has 1 heterocycles. The molecule has 1 atom stereocenters. The number of rotatable bonds is 8. The fourth-order valence-electron chi connectivity index (χ4n) is 2.80. The van der Waals surface area contributed by atoms with Crippen LogP contribution >= 0.6 is 0 Å². The molecule has 0 aliphatic rings. The summed E-state index contributed by atoms with van der Waals surface area (Å²) >= 11 is 0. The van der Waals surface area contributed by atoms with Gasteiger partial charge in [0.05, 0.1) is 13.2 Å². The molecule has 3 rings (SSSR count). The van der Waals surface area contributed by atoms with E-state index in [0.717, 1.165) is 16.9 Å². The van der Waals surface area contributed by atoms with Crippen LogP contribution in [0.15, 0.2) is 59.3 Å². The Bertz CT molecular complexity index is 875. The van der Waals surface area contributed by atoms with E-state index < -0.39 is 0 Å². The molecular formula is C21H23N3O4. The van der Waals surface area contributed by atoms with E-state index in [-0.39, 0.29) is 24.5 Å². The van der Waals surface area contributed by atoms with Crippen molar-refractivity contribution in [3.63, 3.8) is 0 Å². The standard InChI is InChI=1S/C21H23N3O4/c1-14(2)20(15-4-8-17(26-3)9-5-15)23-19(25)12-27-18-10-6-16(7-11-18)21-24-22-13-28-21/h4-11,13-14,20H,12H2,1-3H3,(H,23,25). The molecule has 0 saturated heterocycles. The van der Waals surface area contributed by atoms with Crippen molar-refractivity contribution in [2.24, 2.45) is 5.92 Å². The van der Waals surface area contributed by atoms with E-state index in [1.54, 1.807) is 31.4 Å². The SMILES string of the molecule is COc1ccc(C(NC(=O)COc2ccc(-c3nnco3)cc2)C(C)C)cc1. The molecule has 0 radical (unpaired) electrons. The maximum absolute atomic E-state index is 12.4. The molecule has 1 amide bonds. The Labute approximate surface area is 163 Å². The number of ether oxygens (including phenoxy) is 2. The Kier molecular flexibility index (Phi) is 6.26. The molecule has 7 nitrogen and oxygen atoms in total. The summed E-state index contributed by atoms with van der Waals surface area (Å²) in [6.45, 7) is 4.05. The highest BCUT2D eigenvalue weighted by molar-refractivity contribution is 5.78. The third-order valence-electron chi connectivity index (χ3n) is 4.29. The van der Waals surface area contributed by atoms with Crippen LogP contribution in [0.1, 0.15) is 25.5 Å². The summed E-state index contributed by atoms with van der Waals surface area (Å²) in [5, 5.41) is 10.5. The molecule has 0 aliphatic carbocycles. The highest BCUT2D eigenvalue weighted by atomic mass is 16.5. The van der Waals surface area contributed by atoms with Crippen LogP contribution in [-0.4, -0.2) is 29.8 Å². The number of carbonyl (C=O) groups is 1. The fraction of sp³-hybridized carbons (Fsp3) is 0.286. The monoisotopic (exact) mass is 381 g/mol. The summed E-state index contributed by atoms with van der Waals surface area (Å²) in [7, 11) is 1.63. The normalized spacial score (nSPS) is 11.9. The molecule has 0 bridgehead atoms. The second kappa shape index (κ2) is 9.03. The van der Waals surface area contributed by atoms with Crippen LogP contribution in [0.25, 0.3) is 11.5 Å². The molecule has 0 fully saturated rings. The lowest BCUT2D eigenvalue weighted by Crippen LogP contribution is -2.35. The number of carbonyl (C=O) groups excluding carboxylic acids is 1. The second-order valence-corrected chi connectivity index (χ2v) is 6.62. The molecule has 0 saturated carbocycles. The van der Waals surface area contributed by atoms with Gasteiger partial charge in [0.25, 0.3) is 5.91 Å². The van der Waals surface area contributed by atoms with Gasteiger partial charge >= 0.3 is 0 Å². The van der Waals surface area contributed by atoms with Crippen LogP contribution in [0.3, 0.4) is 0 Å². The Morgan fingerprint density at radius 2 is 1.75 bits per heavy atom. The van der Waals surface area contributed by atoms with Crippen molar-refractivity contribution < 1.29 is 18.7 Å². The zero-order valence-electron chi connectivity index (χ0n) is 16.1. The molecule has 1 unspecified atom stereocenters. The maximum Gasteiger partial charge on any atom is 0.258 e. The van der Waals surface area contributed by atoms with Crippen LogP contribution in [0, 0.1) is 5.92 Å². The summed E-state index contributed by atoms with van der Waals surface area (Å²) in [6, 6.07) is 14.7. The van der Waals surface area contributed by atoms with Gasteiger partial charge in [-0.25, -0.2) is 0 Å². The Morgan fingerprint density at radius 1 is 1.07 bits per heavy atom. The van der Waals surface area contributed by atoms with E-state index in [4.69, 9.17) is 13.9 Å². The number of methoxy groups -OCH3 is 1. The third-order valence-corrected chi connectivity index (χ3v) is 4.29. The predicted octanol–water partition coefficient (Wildman–Crippen LogP) is 3.64. The summed E-state index contributed by atoms with van der Waals surface area (Å²) in [5.41, 5.74) is 1.81. The average Bonchev–Trinajstić information content (AvgIpc) is 3.25. The quantitative estimate of drug-likeness (QED) is 0.641. The molecule has 7 heteroatoms.